The van der Waals surface area contributed by atoms with Gasteiger partial charge in [0.25, 0.3) is 0 Å². The summed E-state index contributed by atoms with van der Waals surface area (Å²) in [5.41, 5.74) is 3.28. The summed E-state index contributed by atoms with van der Waals surface area (Å²) >= 11 is 0. The first kappa shape index (κ1) is 17.8. The van der Waals surface area contributed by atoms with Crippen molar-refractivity contribution in [3.8, 4) is 5.75 Å². The number of hydrogen-bond acceptors (Lipinski definition) is 4. The average Bonchev–Trinajstić information content (AvgIpc) is 2.62. The van der Waals surface area contributed by atoms with Gasteiger partial charge in [0, 0.05) is 31.9 Å². The van der Waals surface area contributed by atoms with E-state index < -0.39 is 10.0 Å². The van der Waals surface area contributed by atoms with Crippen LogP contribution in [0, 0.1) is 13.8 Å². The van der Waals surface area contributed by atoms with Crippen molar-refractivity contribution < 1.29 is 13.2 Å². The molecule has 6 heteroatoms. The van der Waals surface area contributed by atoms with Crippen molar-refractivity contribution in [2.45, 2.75) is 18.7 Å². The molecule has 0 aromatic heterocycles. The van der Waals surface area contributed by atoms with Crippen LogP contribution in [0.3, 0.4) is 0 Å². The van der Waals surface area contributed by atoms with Gasteiger partial charge in [0.15, 0.2) is 0 Å². The third kappa shape index (κ3) is 3.50. The van der Waals surface area contributed by atoms with Crippen LogP contribution >= 0.6 is 0 Å². The molecule has 0 amide bonds. The van der Waals surface area contributed by atoms with Crippen LogP contribution in [-0.4, -0.2) is 46.0 Å². The number of ether oxygens (including phenoxy) is 1. The van der Waals surface area contributed by atoms with Gasteiger partial charge in [-0.15, -0.1) is 0 Å². The van der Waals surface area contributed by atoms with Crippen LogP contribution in [0.15, 0.2) is 47.4 Å². The maximum absolute atomic E-state index is 13.1. The van der Waals surface area contributed by atoms with Gasteiger partial charge in [-0.1, -0.05) is 24.3 Å². The zero-order chi connectivity index (χ0) is 18.0. The molecule has 0 spiro atoms. The molecule has 25 heavy (non-hydrogen) atoms. The number of rotatable bonds is 4. The largest absolute Gasteiger partial charge is 0.495 e. The van der Waals surface area contributed by atoms with Crippen molar-refractivity contribution in [2.24, 2.45) is 0 Å². The fourth-order valence-electron chi connectivity index (χ4n) is 3.21. The van der Waals surface area contributed by atoms with Gasteiger partial charge in [0.05, 0.1) is 7.11 Å². The predicted molar refractivity (Wildman–Crippen MR) is 99.9 cm³/mol. The summed E-state index contributed by atoms with van der Waals surface area (Å²) in [5.74, 6) is 0.395. The first-order chi connectivity index (χ1) is 11.9. The predicted octanol–water partition coefficient (Wildman–Crippen LogP) is 2.82. The van der Waals surface area contributed by atoms with Gasteiger partial charge in [-0.25, -0.2) is 8.42 Å². The summed E-state index contributed by atoms with van der Waals surface area (Å²) in [5, 5.41) is 0. The van der Waals surface area contributed by atoms with Crippen LogP contribution in [0.5, 0.6) is 5.75 Å². The van der Waals surface area contributed by atoms with E-state index in [-0.39, 0.29) is 4.90 Å². The summed E-state index contributed by atoms with van der Waals surface area (Å²) < 4.78 is 32.9. The standard InChI is InChI=1S/C19H24N2O3S/c1-15-8-9-18(24-3)19(14-15)25(22,23)21-12-10-20(11-13-21)17-7-5-4-6-16(17)2/h4-9,14H,10-13H2,1-3H3. The molecule has 5 nitrogen and oxygen atoms in total. The fraction of sp³-hybridized carbons (Fsp3) is 0.368. The molecule has 1 aliphatic rings. The van der Waals surface area contributed by atoms with E-state index in [1.54, 1.807) is 16.4 Å². The lowest BCUT2D eigenvalue weighted by Gasteiger charge is -2.36. The molecule has 1 heterocycles. The Hall–Kier alpha value is -2.05. The van der Waals surface area contributed by atoms with Crippen LogP contribution in [0.4, 0.5) is 5.69 Å². The zero-order valence-electron chi connectivity index (χ0n) is 14.9. The number of hydrogen-bond donors (Lipinski definition) is 0. The third-order valence-electron chi connectivity index (χ3n) is 4.63. The number of benzene rings is 2. The van der Waals surface area contributed by atoms with Crippen LogP contribution in [0.2, 0.25) is 0 Å². The molecule has 134 valence electrons. The Balaban J connectivity index is 1.81. The molecular formula is C19H24N2O3S. The summed E-state index contributed by atoms with van der Waals surface area (Å²) in [6.45, 7) is 6.25. The zero-order valence-corrected chi connectivity index (χ0v) is 15.7. The molecule has 1 saturated heterocycles. The van der Waals surface area contributed by atoms with Gasteiger partial charge in [-0.05, 0) is 43.2 Å². The van der Waals surface area contributed by atoms with E-state index in [2.05, 4.69) is 24.0 Å². The second-order valence-electron chi connectivity index (χ2n) is 6.33. The summed E-state index contributed by atoms with van der Waals surface area (Å²) in [7, 11) is -2.06. The second kappa shape index (κ2) is 7.06. The highest BCUT2D eigenvalue weighted by Gasteiger charge is 2.31. The van der Waals surface area contributed by atoms with E-state index in [0.29, 0.717) is 31.9 Å². The first-order valence-corrected chi connectivity index (χ1v) is 9.83. The molecule has 2 aromatic carbocycles. The highest BCUT2D eigenvalue weighted by Crippen LogP contribution is 2.29. The van der Waals surface area contributed by atoms with Crippen LogP contribution < -0.4 is 9.64 Å². The molecule has 0 aliphatic carbocycles. The Morgan fingerprint density at radius 1 is 0.960 bits per heavy atom. The Morgan fingerprint density at radius 2 is 1.64 bits per heavy atom. The van der Waals surface area contributed by atoms with Crippen molar-refractivity contribution in [2.75, 3.05) is 38.2 Å². The number of anilines is 1. The van der Waals surface area contributed by atoms with E-state index in [1.165, 1.54) is 18.4 Å². The van der Waals surface area contributed by atoms with E-state index in [4.69, 9.17) is 4.74 Å². The molecule has 0 saturated carbocycles. The number of piperazine rings is 1. The average molecular weight is 360 g/mol. The van der Waals surface area contributed by atoms with Crippen LogP contribution in [0.25, 0.3) is 0 Å². The topological polar surface area (TPSA) is 49.9 Å². The minimum Gasteiger partial charge on any atom is -0.495 e. The summed E-state index contributed by atoms with van der Waals surface area (Å²) in [4.78, 5) is 2.49. The lowest BCUT2D eigenvalue weighted by atomic mass is 10.1. The van der Waals surface area contributed by atoms with Gasteiger partial charge in [-0.3, -0.25) is 0 Å². The van der Waals surface area contributed by atoms with Crippen molar-refractivity contribution in [1.82, 2.24) is 4.31 Å². The number of sulfonamides is 1. The Labute approximate surface area is 149 Å². The summed E-state index contributed by atoms with van der Waals surface area (Å²) in [6.07, 6.45) is 0. The van der Waals surface area contributed by atoms with Gasteiger partial charge >= 0.3 is 0 Å². The lowest BCUT2D eigenvalue weighted by Crippen LogP contribution is -2.48. The molecule has 3 rings (SSSR count). The minimum atomic E-state index is -3.56. The number of nitrogens with zero attached hydrogens (tertiary/aromatic N) is 2. The molecule has 2 aromatic rings. The fourth-order valence-corrected chi connectivity index (χ4v) is 4.87. The maximum atomic E-state index is 13.1. The van der Waals surface area contributed by atoms with Gasteiger partial charge in [0.1, 0.15) is 10.6 Å². The highest BCUT2D eigenvalue weighted by atomic mass is 32.2. The van der Waals surface area contributed by atoms with Gasteiger partial charge in [-0.2, -0.15) is 4.31 Å². The molecule has 1 fully saturated rings. The molecule has 1 aliphatic heterocycles. The van der Waals surface area contributed by atoms with Crippen LogP contribution in [0.1, 0.15) is 11.1 Å². The highest BCUT2D eigenvalue weighted by molar-refractivity contribution is 7.89. The first-order valence-electron chi connectivity index (χ1n) is 8.39. The maximum Gasteiger partial charge on any atom is 0.246 e. The summed E-state index contributed by atoms with van der Waals surface area (Å²) in [6, 6.07) is 13.5. The van der Waals surface area contributed by atoms with Crippen molar-refractivity contribution in [3.63, 3.8) is 0 Å². The Bertz CT molecular complexity index is 857. The van der Waals surface area contributed by atoms with E-state index >= 15 is 0 Å². The van der Waals surface area contributed by atoms with E-state index in [9.17, 15) is 8.42 Å². The van der Waals surface area contributed by atoms with Gasteiger partial charge < -0.3 is 9.64 Å². The Kier molecular flexibility index (Phi) is 5.01. The minimum absolute atomic E-state index is 0.249. The monoisotopic (exact) mass is 360 g/mol. The molecule has 0 unspecified atom stereocenters. The SMILES string of the molecule is COc1ccc(C)cc1S(=O)(=O)N1CCN(c2ccccc2C)CC1. The molecular weight excluding hydrogens is 336 g/mol. The third-order valence-corrected chi connectivity index (χ3v) is 6.55. The molecule has 0 radical (unpaired) electrons. The van der Waals surface area contributed by atoms with E-state index in [1.807, 2.05) is 25.1 Å². The normalized spacial score (nSPS) is 16.0. The van der Waals surface area contributed by atoms with E-state index in [0.717, 1.165) is 5.56 Å². The molecule has 0 bridgehead atoms. The van der Waals surface area contributed by atoms with Crippen molar-refractivity contribution in [3.05, 3.63) is 53.6 Å². The van der Waals surface area contributed by atoms with Crippen LogP contribution in [-0.2, 0) is 10.0 Å². The number of para-hydroxylation sites is 1. The van der Waals surface area contributed by atoms with Gasteiger partial charge in [0.2, 0.25) is 10.0 Å². The number of aryl methyl sites for hydroxylation is 2. The molecule has 0 atom stereocenters. The van der Waals surface area contributed by atoms with Crippen molar-refractivity contribution in [1.29, 1.82) is 0 Å². The number of methoxy groups -OCH3 is 1. The smallest absolute Gasteiger partial charge is 0.246 e. The second-order valence-corrected chi connectivity index (χ2v) is 8.24. The molecule has 0 N–H and O–H groups in total. The van der Waals surface area contributed by atoms with Crippen molar-refractivity contribution >= 4 is 15.7 Å². The lowest BCUT2D eigenvalue weighted by molar-refractivity contribution is 0.374. The quantitative estimate of drug-likeness (QED) is 0.841. The Morgan fingerprint density at radius 3 is 2.28 bits per heavy atom.